The van der Waals surface area contributed by atoms with E-state index in [0.29, 0.717) is 6.54 Å². The molecule has 132 valence electrons. The molecule has 0 bridgehead atoms. The van der Waals surface area contributed by atoms with Gasteiger partial charge in [-0.05, 0) is 17.5 Å². The summed E-state index contributed by atoms with van der Waals surface area (Å²) in [6.45, 7) is 2.61. The van der Waals surface area contributed by atoms with E-state index in [9.17, 15) is 4.79 Å². The van der Waals surface area contributed by atoms with Gasteiger partial charge in [0, 0.05) is 24.1 Å². The number of carbonyl (C=O) groups excluding carboxylic acids is 1. The van der Waals surface area contributed by atoms with Gasteiger partial charge in [0.25, 0.3) is 0 Å². The first-order chi connectivity index (χ1) is 12.8. The van der Waals surface area contributed by atoms with Crippen LogP contribution in [0.25, 0.3) is 11.1 Å². The number of carbonyl (C=O) groups is 1. The second-order valence-corrected chi connectivity index (χ2v) is 6.64. The van der Waals surface area contributed by atoms with E-state index in [0.717, 1.165) is 17.5 Å². The van der Waals surface area contributed by atoms with Crippen LogP contribution in [-0.4, -0.2) is 5.78 Å². The van der Waals surface area contributed by atoms with E-state index in [1.807, 2.05) is 54.7 Å². The van der Waals surface area contributed by atoms with Gasteiger partial charge in [0.1, 0.15) is 0 Å². The summed E-state index contributed by atoms with van der Waals surface area (Å²) in [5.74, 6) is 0.151. The average molecular weight is 344 g/mol. The van der Waals surface area contributed by atoms with Crippen LogP contribution < -0.4 is 4.57 Å². The van der Waals surface area contributed by atoms with Gasteiger partial charge in [-0.2, -0.15) is 4.57 Å². The lowest BCUT2D eigenvalue weighted by Gasteiger charge is -2.05. The Hall–Kier alpha value is -2.74. The number of aromatic nitrogens is 1. The van der Waals surface area contributed by atoms with Gasteiger partial charge >= 0.3 is 0 Å². The number of nitrogens with zero attached hydrogens (tertiary/aromatic N) is 1. The maximum atomic E-state index is 12.7. The van der Waals surface area contributed by atoms with E-state index in [1.54, 1.807) is 0 Å². The number of pyridine rings is 1. The van der Waals surface area contributed by atoms with E-state index < -0.39 is 0 Å². The fourth-order valence-electron chi connectivity index (χ4n) is 3.17. The summed E-state index contributed by atoms with van der Waals surface area (Å²) < 4.78 is 2.09. The molecule has 0 saturated heterocycles. The van der Waals surface area contributed by atoms with E-state index in [1.165, 1.54) is 30.5 Å². The van der Waals surface area contributed by atoms with Gasteiger partial charge in [0.2, 0.25) is 12.3 Å². The van der Waals surface area contributed by atoms with Crippen molar-refractivity contribution in [3.8, 4) is 11.1 Å². The predicted octanol–water partition coefficient (Wildman–Crippen LogP) is 5.26. The van der Waals surface area contributed by atoms with Crippen LogP contribution in [0.2, 0.25) is 0 Å². The van der Waals surface area contributed by atoms with Crippen LogP contribution in [0.4, 0.5) is 0 Å². The molecule has 0 fully saturated rings. The molecule has 0 amide bonds. The molecule has 1 aromatic heterocycles. The largest absolute Gasteiger partial charge is 0.287 e. The molecule has 0 aliphatic rings. The molecule has 0 radical (unpaired) electrons. The van der Waals surface area contributed by atoms with E-state index in [-0.39, 0.29) is 5.78 Å². The lowest BCUT2D eigenvalue weighted by Crippen LogP contribution is -2.41. The Morgan fingerprint density at radius 1 is 0.808 bits per heavy atom. The number of benzene rings is 2. The summed E-state index contributed by atoms with van der Waals surface area (Å²) in [7, 11) is 0. The number of unbranched alkanes of at least 4 members (excludes halogenated alkanes) is 2. The van der Waals surface area contributed by atoms with Crippen LogP contribution in [0.15, 0.2) is 79.0 Å². The minimum Gasteiger partial charge on any atom is -0.287 e. The summed E-state index contributed by atoms with van der Waals surface area (Å²) in [6, 6.07) is 24.3. The first-order valence-corrected chi connectivity index (χ1v) is 9.44. The third kappa shape index (κ3) is 4.66. The van der Waals surface area contributed by atoms with E-state index >= 15 is 0 Å². The zero-order valence-corrected chi connectivity index (χ0v) is 15.4. The fraction of sp³-hybridized carbons (Fsp3) is 0.250. The van der Waals surface area contributed by atoms with Crippen LogP contribution in [0, 0.1) is 0 Å². The smallest absolute Gasteiger partial charge is 0.227 e. The lowest BCUT2D eigenvalue weighted by molar-refractivity contribution is -0.690. The molecular formula is C24H26NO+. The van der Waals surface area contributed by atoms with Crippen molar-refractivity contribution in [2.24, 2.45) is 0 Å². The van der Waals surface area contributed by atoms with Crippen molar-refractivity contribution in [1.82, 2.24) is 0 Å². The standard InChI is InChI=1S/C24H26NO/c1-2-3-5-12-23-13-8-9-18-25(23)19-24(26)22-16-14-21(15-17-22)20-10-6-4-7-11-20/h4,6-11,13-18H,2-3,5,12,19H2,1H3/q+1. The molecule has 2 heteroatoms. The van der Waals surface area contributed by atoms with Gasteiger partial charge in [0.05, 0.1) is 0 Å². The normalized spacial score (nSPS) is 10.7. The van der Waals surface area contributed by atoms with Gasteiger partial charge < -0.3 is 0 Å². The van der Waals surface area contributed by atoms with Crippen molar-refractivity contribution in [3.05, 3.63) is 90.3 Å². The topological polar surface area (TPSA) is 20.9 Å². The Balaban J connectivity index is 1.70. The zero-order chi connectivity index (χ0) is 18.2. The number of hydrogen-bond donors (Lipinski definition) is 0. The number of aryl methyl sites for hydroxylation is 1. The second-order valence-electron chi connectivity index (χ2n) is 6.64. The van der Waals surface area contributed by atoms with E-state index in [4.69, 9.17) is 0 Å². The van der Waals surface area contributed by atoms with Crippen LogP contribution >= 0.6 is 0 Å². The van der Waals surface area contributed by atoms with Gasteiger partial charge in [-0.1, -0.05) is 80.4 Å². The van der Waals surface area contributed by atoms with Crippen LogP contribution in [-0.2, 0) is 13.0 Å². The molecule has 0 aliphatic heterocycles. The molecule has 2 nitrogen and oxygen atoms in total. The van der Waals surface area contributed by atoms with Crippen LogP contribution in [0.3, 0.4) is 0 Å². The quantitative estimate of drug-likeness (QED) is 0.310. The minimum atomic E-state index is 0.151. The van der Waals surface area contributed by atoms with Crippen molar-refractivity contribution in [1.29, 1.82) is 0 Å². The van der Waals surface area contributed by atoms with Gasteiger partial charge in [-0.25, -0.2) is 0 Å². The lowest BCUT2D eigenvalue weighted by atomic mass is 10.0. The second kappa shape index (κ2) is 9.10. The number of Topliss-reactive ketones (excluding diaryl/α,β-unsaturated/α-hetero) is 1. The molecule has 0 spiro atoms. The monoisotopic (exact) mass is 344 g/mol. The third-order valence-corrected chi connectivity index (χ3v) is 4.70. The maximum absolute atomic E-state index is 12.7. The summed E-state index contributed by atoms with van der Waals surface area (Å²) in [4.78, 5) is 12.7. The Morgan fingerprint density at radius 3 is 2.23 bits per heavy atom. The molecule has 0 aliphatic carbocycles. The highest BCUT2D eigenvalue weighted by atomic mass is 16.1. The fourth-order valence-corrected chi connectivity index (χ4v) is 3.17. The Bertz CT molecular complexity index is 838. The Labute approximate surface area is 156 Å². The molecule has 3 rings (SSSR count). The molecule has 2 aromatic carbocycles. The van der Waals surface area contributed by atoms with Crippen molar-refractivity contribution >= 4 is 5.78 Å². The van der Waals surface area contributed by atoms with Gasteiger partial charge in [0.15, 0.2) is 11.9 Å². The van der Waals surface area contributed by atoms with E-state index in [2.05, 4.69) is 35.8 Å². The molecule has 1 heterocycles. The first-order valence-electron chi connectivity index (χ1n) is 9.44. The van der Waals surface area contributed by atoms with Crippen LogP contribution in [0.1, 0.15) is 42.2 Å². The first kappa shape index (κ1) is 18.1. The van der Waals surface area contributed by atoms with Crippen molar-refractivity contribution in [2.75, 3.05) is 0 Å². The van der Waals surface area contributed by atoms with Gasteiger partial charge in [-0.3, -0.25) is 4.79 Å². The van der Waals surface area contributed by atoms with Gasteiger partial charge in [-0.15, -0.1) is 0 Å². The highest BCUT2D eigenvalue weighted by Gasteiger charge is 2.16. The highest BCUT2D eigenvalue weighted by Crippen LogP contribution is 2.19. The minimum absolute atomic E-state index is 0.151. The molecule has 0 unspecified atom stereocenters. The number of ketones is 1. The SMILES string of the molecule is CCCCCc1cccc[n+]1CC(=O)c1ccc(-c2ccccc2)cc1. The summed E-state index contributed by atoms with van der Waals surface area (Å²) in [6.07, 6.45) is 6.64. The summed E-state index contributed by atoms with van der Waals surface area (Å²) in [5, 5.41) is 0. The maximum Gasteiger partial charge on any atom is 0.227 e. The van der Waals surface area contributed by atoms with Crippen molar-refractivity contribution in [3.63, 3.8) is 0 Å². The molecule has 0 saturated carbocycles. The highest BCUT2D eigenvalue weighted by molar-refractivity contribution is 5.95. The Kier molecular flexibility index (Phi) is 6.32. The zero-order valence-electron chi connectivity index (χ0n) is 15.4. The van der Waals surface area contributed by atoms with Crippen LogP contribution in [0.5, 0.6) is 0 Å². The average Bonchev–Trinajstić information content (AvgIpc) is 2.70. The number of hydrogen-bond acceptors (Lipinski definition) is 1. The van der Waals surface area contributed by atoms with Crippen molar-refractivity contribution < 1.29 is 9.36 Å². The number of rotatable bonds is 8. The predicted molar refractivity (Wildman–Crippen MR) is 106 cm³/mol. The molecular weight excluding hydrogens is 318 g/mol. The molecule has 0 N–H and O–H groups in total. The molecule has 0 atom stereocenters. The molecule has 26 heavy (non-hydrogen) atoms. The Morgan fingerprint density at radius 2 is 1.50 bits per heavy atom. The third-order valence-electron chi connectivity index (χ3n) is 4.70. The molecule has 3 aromatic rings. The summed E-state index contributed by atoms with van der Waals surface area (Å²) >= 11 is 0. The summed E-state index contributed by atoms with van der Waals surface area (Å²) in [5.41, 5.74) is 4.30. The van der Waals surface area contributed by atoms with Crippen molar-refractivity contribution in [2.45, 2.75) is 39.2 Å².